The zero-order chi connectivity index (χ0) is 13.3. The summed E-state index contributed by atoms with van der Waals surface area (Å²) in [5.41, 5.74) is -1.52. The molecule has 1 N–H and O–H groups in total. The molecule has 0 spiro atoms. The van der Waals surface area contributed by atoms with E-state index in [1.54, 1.807) is 0 Å². The summed E-state index contributed by atoms with van der Waals surface area (Å²) in [4.78, 5) is 14.7. The molecule has 1 rings (SSSR count). The Labute approximate surface area is 100.0 Å². The highest BCUT2D eigenvalue weighted by atomic mass is 32.2. The molecule has 0 aliphatic carbocycles. The third kappa shape index (κ3) is 2.45. The van der Waals surface area contributed by atoms with Gasteiger partial charge in [-0.25, -0.2) is 8.42 Å². The van der Waals surface area contributed by atoms with Gasteiger partial charge in [-0.2, -0.15) is 4.31 Å². The first-order chi connectivity index (χ1) is 7.70. The van der Waals surface area contributed by atoms with Crippen LogP contribution in [0.2, 0.25) is 0 Å². The molecule has 1 aromatic heterocycles. The standard InChI is InChI=1S/C10H14N2O4S/c1-10(2,9(13)14)12(3)17(15,16)8-5-4-6-11-7-8/h4-7H,1-3H3,(H,13,14). The second-order valence-corrected chi connectivity index (χ2v) is 5.99. The Hall–Kier alpha value is -1.47. The molecule has 17 heavy (non-hydrogen) atoms. The lowest BCUT2D eigenvalue weighted by Gasteiger charge is -2.30. The molecule has 1 heterocycles. The molecular weight excluding hydrogens is 244 g/mol. The van der Waals surface area contributed by atoms with Gasteiger partial charge in [-0.3, -0.25) is 9.78 Å². The van der Waals surface area contributed by atoms with E-state index in [2.05, 4.69) is 4.98 Å². The highest BCUT2D eigenvalue weighted by Gasteiger charge is 2.40. The number of hydrogen-bond acceptors (Lipinski definition) is 4. The third-order valence-corrected chi connectivity index (χ3v) is 4.62. The van der Waals surface area contributed by atoms with Gasteiger partial charge in [-0.1, -0.05) is 0 Å². The smallest absolute Gasteiger partial charge is 0.324 e. The summed E-state index contributed by atoms with van der Waals surface area (Å²) in [6.07, 6.45) is 2.63. The van der Waals surface area contributed by atoms with Crippen molar-refractivity contribution >= 4 is 16.0 Å². The maximum Gasteiger partial charge on any atom is 0.324 e. The molecule has 0 radical (unpaired) electrons. The zero-order valence-corrected chi connectivity index (χ0v) is 10.6. The van der Waals surface area contributed by atoms with Crippen molar-refractivity contribution in [3.05, 3.63) is 24.5 Å². The van der Waals surface area contributed by atoms with Crippen LogP contribution < -0.4 is 0 Å². The van der Waals surface area contributed by atoms with Crippen LogP contribution in [0.15, 0.2) is 29.4 Å². The number of carboxylic acid groups (broad SMARTS) is 1. The molecule has 0 atom stereocenters. The van der Waals surface area contributed by atoms with Crippen LogP contribution in [0.5, 0.6) is 0 Å². The maximum absolute atomic E-state index is 12.1. The average molecular weight is 258 g/mol. The summed E-state index contributed by atoms with van der Waals surface area (Å²) in [5.74, 6) is -1.22. The van der Waals surface area contributed by atoms with Crippen LogP contribution in [-0.4, -0.2) is 41.4 Å². The van der Waals surface area contributed by atoms with Crippen molar-refractivity contribution in [1.82, 2.24) is 9.29 Å². The highest BCUT2D eigenvalue weighted by Crippen LogP contribution is 2.22. The zero-order valence-electron chi connectivity index (χ0n) is 9.78. The van der Waals surface area contributed by atoms with Gasteiger partial charge in [0, 0.05) is 19.4 Å². The minimum Gasteiger partial charge on any atom is -0.480 e. The molecule has 0 aromatic carbocycles. The van der Waals surface area contributed by atoms with E-state index in [0.29, 0.717) is 0 Å². The first-order valence-electron chi connectivity index (χ1n) is 4.83. The number of carboxylic acids is 1. The van der Waals surface area contributed by atoms with E-state index in [0.717, 1.165) is 4.31 Å². The Balaban J connectivity index is 3.22. The fraction of sp³-hybridized carbons (Fsp3) is 0.400. The van der Waals surface area contributed by atoms with Crippen molar-refractivity contribution in [3.8, 4) is 0 Å². The molecule has 0 saturated carbocycles. The fourth-order valence-electron chi connectivity index (χ4n) is 1.09. The lowest BCUT2D eigenvalue weighted by molar-refractivity contribution is -0.145. The molecule has 0 aliphatic rings. The number of rotatable bonds is 4. The second-order valence-electron chi connectivity index (χ2n) is 4.03. The molecule has 0 fully saturated rings. The Morgan fingerprint density at radius 2 is 2.06 bits per heavy atom. The maximum atomic E-state index is 12.1. The van der Waals surface area contributed by atoms with E-state index in [4.69, 9.17) is 5.11 Å². The minimum absolute atomic E-state index is 0.0307. The quantitative estimate of drug-likeness (QED) is 0.852. The molecule has 7 heteroatoms. The van der Waals surface area contributed by atoms with Crippen LogP contribution in [-0.2, 0) is 14.8 Å². The first kappa shape index (κ1) is 13.6. The van der Waals surface area contributed by atoms with Crippen LogP contribution in [0.25, 0.3) is 0 Å². The van der Waals surface area contributed by atoms with Gasteiger partial charge in [0.2, 0.25) is 10.0 Å². The molecule has 0 amide bonds. The van der Waals surface area contributed by atoms with Crippen LogP contribution in [0.1, 0.15) is 13.8 Å². The van der Waals surface area contributed by atoms with Crippen LogP contribution >= 0.6 is 0 Å². The number of sulfonamides is 1. The van der Waals surface area contributed by atoms with Crippen molar-refractivity contribution < 1.29 is 18.3 Å². The predicted octanol–water partition coefficient (Wildman–Crippen LogP) is 0.565. The largest absolute Gasteiger partial charge is 0.480 e. The van der Waals surface area contributed by atoms with Gasteiger partial charge >= 0.3 is 5.97 Å². The number of aliphatic carboxylic acids is 1. The van der Waals surface area contributed by atoms with Gasteiger partial charge in [0.1, 0.15) is 10.4 Å². The molecular formula is C10H14N2O4S. The number of nitrogens with zero attached hydrogens (tertiary/aromatic N) is 2. The topological polar surface area (TPSA) is 87.6 Å². The SMILES string of the molecule is CN(C(C)(C)C(=O)O)S(=O)(=O)c1cccnc1. The van der Waals surface area contributed by atoms with Crippen molar-refractivity contribution in [1.29, 1.82) is 0 Å². The van der Waals surface area contributed by atoms with Gasteiger partial charge in [-0.05, 0) is 26.0 Å². The number of pyridine rings is 1. The monoisotopic (exact) mass is 258 g/mol. The fourth-order valence-corrected chi connectivity index (χ4v) is 2.53. The van der Waals surface area contributed by atoms with Crippen LogP contribution in [0.4, 0.5) is 0 Å². The van der Waals surface area contributed by atoms with Gasteiger partial charge in [0.25, 0.3) is 0 Å². The Morgan fingerprint density at radius 1 is 1.47 bits per heavy atom. The van der Waals surface area contributed by atoms with E-state index in [1.807, 2.05) is 0 Å². The average Bonchev–Trinajstić information content (AvgIpc) is 2.29. The predicted molar refractivity (Wildman–Crippen MR) is 60.9 cm³/mol. The van der Waals surface area contributed by atoms with Gasteiger partial charge in [0.05, 0.1) is 0 Å². The summed E-state index contributed by atoms with van der Waals surface area (Å²) in [6.45, 7) is 2.65. The minimum atomic E-state index is -3.85. The Bertz CT molecular complexity index is 510. The van der Waals surface area contributed by atoms with E-state index >= 15 is 0 Å². The summed E-state index contributed by atoms with van der Waals surface area (Å²) >= 11 is 0. The first-order valence-corrected chi connectivity index (χ1v) is 6.27. The van der Waals surface area contributed by atoms with E-state index < -0.39 is 21.5 Å². The van der Waals surface area contributed by atoms with Crippen molar-refractivity contribution in [2.24, 2.45) is 0 Å². The van der Waals surface area contributed by atoms with Gasteiger partial charge in [-0.15, -0.1) is 0 Å². The summed E-state index contributed by atoms with van der Waals surface area (Å²) in [7, 11) is -2.62. The molecule has 0 unspecified atom stereocenters. The number of carbonyl (C=O) groups is 1. The summed E-state index contributed by atoms with van der Waals surface area (Å²) in [5, 5.41) is 9.00. The van der Waals surface area contributed by atoms with Crippen molar-refractivity contribution in [2.75, 3.05) is 7.05 Å². The van der Waals surface area contributed by atoms with Crippen LogP contribution in [0.3, 0.4) is 0 Å². The molecule has 1 aromatic rings. The molecule has 94 valence electrons. The third-order valence-electron chi connectivity index (χ3n) is 2.60. The normalized spacial score (nSPS) is 12.7. The number of hydrogen-bond donors (Lipinski definition) is 1. The molecule has 0 bridgehead atoms. The van der Waals surface area contributed by atoms with E-state index in [9.17, 15) is 13.2 Å². The van der Waals surface area contributed by atoms with Crippen molar-refractivity contribution in [3.63, 3.8) is 0 Å². The second kappa shape index (κ2) is 4.42. The summed E-state index contributed by atoms with van der Waals surface area (Å²) in [6, 6.07) is 2.85. The summed E-state index contributed by atoms with van der Waals surface area (Å²) < 4.78 is 25.0. The molecule has 0 saturated heterocycles. The van der Waals surface area contributed by atoms with E-state index in [1.165, 1.54) is 45.4 Å². The Morgan fingerprint density at radius 3 is 2.47 bits per heavy atom. The molecule has 0 aliphatic heterocycles. The van der Waals surface area contributed by atoms with Crippen LogP contribution in [0, 0.1) is 0 Å². The lowest BCUT2D eigenvalue weighted by Crippen LogP contribution is -2.50. The highest BCUT2D eigenvalue weighted by molar-refractivity contribution is 7.89. The van der Waals surface area contributed by atoms with E-state index in [-0.39, 0.29) is 4.90 Å². The number of likely N-dealkylation sites (N-methyl/N-ethyl adjacent to an activating group) is 1. The lowest BCUT2D eigenvalue weighted by atomic mass is 10.1. The number of aromatic nitrogens is 1. The Kier molecular flexibility index (Phi) is 3.53. The molecule has 6 nitrogen and oxygen atoms in total. The van der Waals surface area contributed by atoms with Gasteiger partial charge < -0.3 is 5.11 Å². The van der Waals surface area contributed by atoms with Gasteiger partial charge in [0.15, 0.2) is 0 Å². The van der Waals surface area contributed by atoms with Crippen molar-refractivity contribution in [2.45, 2.75) is 24.3 Å².